The van der Waals surface area contributed by atoms with E-state index < -0.39 is 33.8 Å². The lowest BCUT2D eigenvalue weighted by molar-refractivity contribution is -0.130. The molecule has 2 aromatic heterocycles. The van der Waals surface area contributed by atoms with Crippen molar-refractivity contribution < 1.29 is 22.8 Å². The number of rotatable bonds is 5. The maximum absolute atomic E-state index is 13.5. The number of amides is 2. The molecule has 2 aliphatic rings. The van der Waals surface area contributed by atoms with Crippen molar-refractivity contribution in [3.05, 3.63) is 82.2 Å². The Kier molecular flexibility index (Phi) is 7.18. The molecule has 2 amide bonds. The lowest BCUT2D eigenvalue weighted by Gasteiger charge is -2.36. The Labute approximate surface area is 219 Å². The van der Waals surface area contributed by atoms with Crippen molar-refractivity contribution in [3.63, 3.8) is 0 Å². The van der Waals surface area contributed by atoms with Crippen LogP contribution in [0.5, 0.6) is 0 Å². The number of carbonyl (C=O) groups is 3. The molecular formula is C26H26N4O5S2. The van der Waals surface area contributed by atoms with Crippen LogP contribution in [0.2, 0.25) is 0 Å². The van der Waals surface area contributed by atoms with Crippen LogP contribution in [0.15, 0.2) is 70.5 Å². The third kappa shape index (κ3) is 5.20. The fourth-order valence-electron chi connectivity index (χ4n) is 4.78. The summed E-state index contributed by atoms with van der Waals surface area (Å²) in [7, 11) is -3.93. The fourth-order valence-corrected chi connectivity index (χ4v) is 6.78. The van der Waals surface area contributed by atoms with Crippen LogP contribution in [0.25, 0.3) is 0 Å². The zero-order valence-electron chi connectivity index (χ0n) is 19.9. The van der Waals surface area contributed by atoms with Gasteiger partial charge in [-0.1, -0.05) is 30.3 Å². The molecule has 3 aromatic rings. The Morgan fingerprint density at radius 1 is 1.03 bits per heavy atom. The average Bonchev–Trinajstić information content (AvgIpc) is 3.39. The van der Waals surface area contributed by atoms with Gasteiger partial charge in [-0.3, -0.25) is 14.4 Å². The number of benzene rings is 1. The fraction of sp³-hybridized carbons (Fsp3) is 0.308. The van der Waals surface area contributed by atoms with Gasteiger partial charge in [0.15, 0.2) is 10.8 Å². The first kappa shape index (κ1) is 25.2. The molecule has 0 saturated carbocycles. The van der Waals surface area contributed by atoms with Crippen LogP contribution in [-0.2, 0) is 32.6 Å². The Hall–Kier alpha value is -3.41. The van der Waals surface area contributed by atoms with Gasteiger partial charge in [-0.2, -0.15) is 15.6 Å². The first-order valence-electron chi connectivity index (χ1n) is 12.0. The summed E-state index contributed by atoms with van der Waals surface area (Å²) in [5.74, 6) is -1.05. The minimum Gasteiger partial charge on any atom is -0.344 e. The molecule has 1 fully saturated rings. The van der Waals surface area contributed by atoms with E-state index in [-0.39, 0.29) is 30.6 Å². The molecule has 2 unspecified atom stereocenters. The molecule has 11 heteroatoms. The Balaban J connectivity index is 1.33. The van der Waals surface area contributed by atoms with Crippen molar-refractivity contribution >= 4 is 39.0 Å². The van der Waals surface area contributed by atoms with Crippen molar-refractivity contribution in [3.8, 4) is 0 Å². The van der Waals surface area contributed by atoms with E-state index in [4.69, 9.17) is 0 Å². The van der Waals surface area contributed by atoms with Crippen LogP contribution in [-0.4, -0.2) is 65.4 Å². The first-order chi connectivity index (χ1) is 17.8. The Morgan fingerprint density at radius 3 is 2.54 bits per heavy atom. The predicted octanol–water partition coefficient (Wildman–Crippen LogP) is 2.25. The zero-order valence-corrected chi connectivity index (χ0v) is 21.6. The number of nitrogens with zero attached hydrogens (tertiary/aromatic N) is 3. The third-order valence-corrected chi connectivity index (χ3v) is 9.20. The number of sulfonamides is 1. The van der Waals surface area contributed by atoms with Crippen LogP contribution < -0.4 is 5.32 Å². The van der Waals surface area contributed by atoms with Gasteiger partial charge in [-0.25, -0.2) is 13.4 Å². The van der Waals surface area contributed by atoms with Crippen LogP contribution in [0.3, 0.4) is 0 Å². The molecule has 1 aromatic carbocycles. The first-order valence-corrected chi connectivity index (χ1v) is 14.4. The number of thiophene rings is 1. The number of hydrogen-bond acceptors (Lipinski definition) is 7. The minimum atomic E-state index is -3.93. The summed E-state index contributed by atoms with van der Waals surface area (Å²) in [6.07, 6.45) is 2.42. The number of fused-ring (bicyclic) bond motifs is 1. The molecule has 9 nitrogen and oxygen atoms in total. The highest BCUT2D eigenvalue weighted by Gasteiger charge is 2.38. The smallest absolute Gasteiger partial charge is 0.260 e. The lowest BCUT2D eigenvalue weighted by Crippen LogP contribution is -2.55. The van der Waals surface area contributed by atoms with Gasteiger partial charge in [0.1, 0.15) is 6.04 Å². The van der Waals surface area contributed by atoms with Crippen molar-refractivity contribution in [2.45, 2.75) is 42.9 Å². The number of Topliss-reactive ketones (excluding diaryl/α,β-unsaturated/α-hetero) is 1. The molecule has 0 radical (unpaired) electrons. The second-order valence-corrected chi connectivity index (χ2v) is 11.8. The van der Waals surface area contributed by atoms with E-state index >= 15 is 0 Å². The van der Waals surface area contributed by atoms with Crippen molar-refractivity contribution in [1.82, 2.24) is 19.5 Å². The SMILES string of the molecule is O=C1CN(S(=O)(=O)c2ccccn2)CCCC1NC(=O)C1Cc2ccccc2CN1C(=O)c1ccsc1. The zero-order chi connectivity index (χ0) is 26.0. The van der Waals surface area contributed by atoms with E-state index in [1.807, 2.05) is 29.6 Å². The van der Waals surface area contributed by atoms with E-state index in [9.17, 15) is 22.8 Å². The molecule has 1 saturated heterocycles. The largest absolute Gasteiger partial charge is 0.344 e. The average molecular weight is 539 g/mol. The molecule has 37 heavy (non-hydrogen) atoms. The lowest BCUT2D eigenvalue weighted by atomic mass is 9.92. The highest BCUT2D eigenvalue weighted by Crippen LogP contribution is 2.26. The molecule has 192 valence electrons. The van der Waals surface area contributed by atoms with Gasteiger partial charge in [0.05, 0.1) is 18.2 Å². The number of ketones is 1. The van der Waals surface area contributed by atoms with Crippen LogP contribution in [0.1, 0.15) is 34.3 Å². The summed E-state index contributed by atoms with van der Waals surface area (Å²) in [4.78, 5) is 45.4. The summed E-state index contributed by atoms with van der Waals surface area (Å²) in [5, 5.41) is 6.29. The monoisotopic (exact) mass is 538 g/mol. The normalized spacial score (nSPS) is 20.6. The topological polar surface area (TPSA) is 117 Å². The van der Waals surface area contributed by atoms with Gasteiger partial charge in [0, 0.05) is 31.1 Å². The molecule has 0 bridgehead atoms. The standard InChI is InChI=1S/C26H26N4O5S2/c31-23-16-29(37(34,35)24-9-3-4-11-27-24)12-5-8-21(23)28-25(32)22-14-18-6-1-2-7-19(18)15-30(22)26(33)20-10-13-36-17-20/h1-4,6-7,9-11,13,17,21-22H,5,8,12,14-16H2,(H,28,32). The quantitative estimate of drug-likeness (QED) is 0.533. The molecule has 2 aliphatic heterocycles. The van der Waals surface area contributed by atoms with Gasteiger partial charge >= 0.3 is 0 Å². The maximum Gasteiger partial charge on any atom is 0.260 e. The highest BCUT2D eigenvalue weighted by atomic mass is 32.2. The van der Waals surface area contributed by atoms with E-state index in [2.05, 4.69) is 10.3 Å². The van der Waals surface area contributed by atoms with Crippen LogP contribution in [0, 0.1) is 0 Å². The number of hydrogen-bond donors (Lipinski definition) is 1. The van der Waals surface area contributed by atoms with E-state index in [1.54, 1.807) is 28.5 Å². The molecule has 2 atom stereocenters. The second-order valence-electron chi connectivity index (χ2n) is 9.11. The van der Waals surface area contributed by atoms with Crippen molar-refractivity contribution in [2.75, 3.05) is 13.1 Å². The maximum atomic E-state index is 13.5. The minimum absolute atomic E-state index is 0.117. The van der Waals surface area contributed by atoms with E-state index in [0.717, 1.165) is 15.4 Å². The van der Waals surface area contributed by atoms with Gasteiger partial charge < -0.3 is 10.2 Å². The van der Waals surface area contributed by atoms with Gasteiger partial charge in [-0.15, -0.1) is 0 Å². The van der Waals surface area contributed by atoms with Crippen molar-refractivity contribution in [1.29, 1.82) is 0 Å². The molecule has 0 aliphatic carbocycles. The summed E-state index contributed by atoms with van der Waals surface area (Å²) in [6.45, 7) is 0.0865. The Morgan fingerprint density at radius 2 is 1.81 bits per heavy atom. The molecule has 5 rings (SSSR count). The predicted molar refractivity (Wildman–Crippen MR) is 137 cm³/mol. The van der Waals surface area contributed by atoms with Crippen molar-refractivity contribution in [2.24, 2.45) is 0 Å². The number of nitrogens with one attached hydrogen (secondary N) is 1. The molecule has 4 heterocycles. The Bertz CT molecular complexity index is 1410. The summed E-state index contributed by atoms with van der Waals surface area (Å²) in [5.41, 5.74) is 2.48. The number of pyridine rings is 1. The van der Waals surface area contributed by atoms with E-state index in [0.29, 0.717) is 24.8 Å². The molecule has 0 spiro atoms. The van der Waals surface area contributed by atoms with Crippen LogP contribution in [0.4, 0.5) is 0 Å². The second kappa shape index (κ2) is 10.5. The molecular weight excluding hydrogens is 512 g/mol. The number of carbonyl (C=O) groups excluding carboxylic acids is 3. The molecule has 1 N–H and O–H groups in total. The van der Waals surface area contributed by atoms with Gasteiger partial charge in [-0.05, 0) is 47.5 Å². The number of aromatic nitrogens is 1. The summed E-state index contributed by atoms with van der Waals surface area (Å²) < 4.78 is 27.1. The summed E-state index contributed by atoms with van der Waals surface area (Å²) >= 11 is 1.41. The third-order valence-electron chi connectivity index (χ3n) is 6.76. The summed E-state index contributed by atoms with van der Waals surface area (Å²) in [6, 6.07) is 12.4. The van der Waals surface area contributed by atoms with Crippen LogP contribution >= 0.6 is 11.3 Å². The van der Waals surface area contributed by atoms with E-state index in [1.165, 1.54) is 23.6 Å². The highest BCUT2D eigenvalue weighted by molar-refractivity contribution is 7.89. The van der Waals surface area contributed by atoms with Gasteiger partial charge in [0.25, 0.3) is 15.9 Å². The van der Waals surface area contributed by atoms with Gasteiger partial charge in [0.2, 0.25) is 5.91 Å².